The second-order valence-corrected chi connectivity index (χ2v) is 6.74. The van der Waals surface area contributed by atoms with Crippen LogP contribution < -0.4 is 10.1 Å². The highest BCUT2D eigenvalue weighted by molar-refractivity contribution is 6.31. The number of hydrogen-bond acceptors (Lipinski definition) is 4. The van der Waals surface area contributed by atoms with Crippen molar-refractivity contribution < 1.29 is 13.9 Å². The standard InChI is InChI=1S/C23H15ClFN3O2/c24-20-12-18(10-11-21(20)25)28-22(29)16-8-6-15(7-9-16)17-13-26-23(27-14-17)30-19-4-2-1-3-5-19/h1-14H,(H,28,29). The maximum atomic E-state index is 13.2. The average Bonchev–Trinajstić information content (AvgIpc) is 2.78. The molecule has 0 aliphatic carbocycles. The van der Waals surface area contributed by atoms with Crippen molar-refractivity contribution in [3.05, 3.63) is 102 Å². The van der Waals surface area contributed by atoms with Crippen molar-refractivity contribution in [2.45, 2.75) is 0 Å². The van der Waals surface area contributed by atoms with E-state index in [2.05, 4.69) is 15.3 Å². The number of aromatic nitrogens is 2. The molecule has 30 heavy (non-hydrogen) atoms. The Balaban J connectivity index is 1.43. The molecule has 1 amide bonds. The van der Waals surface area contributed by atoms with E-state index in [9.17, 15) is 9.18 Å². The second kappa shape index (κ2) is 8.71. The predicted molar refractivity (Wildman–Crippen MR) is 113 cm³/mol. The zero-order valence-corrected chi connectivity index (χ0v) is 16.3. The fourth-order valence-corrected chi connectivity index (χ4v) is 2.88. The third-order valence-electron chi connectivity index (χ3n) is 4.24. The van der Waals surface area contributed by atoms with Gasteiger partial charge in [-0.05, 0) is 48.0 Å². The Morgan fingerprint density at radius 1 is 0.900 bits per heavy atom. The van der Waals surface area contributed by atoms with Crippen LogP contribution in [0.25, 0.3) is 11.1 Å². The first-order chi connectivity index (χ1) is 14.6. The first-order valence-electron chi connectivity index (χ1n) is 9.00. The van der Waals surface area contributed by atoms with Gasteiger partial charge >= 0.3 is 6.01 Å². The van der Waals surface area contributed by atoms with E-state index >= 15 is 0 Å². The van der Waals surface area contributed by atoms with Gasteiger partial charge in [-0.1, -0.05) is 41.9 Å². The average molecular weight is 420 g/mol. The molecule has 1 N–H and O–H groups in total. The third-order valence-corrected chi connectivity index (χ3v) is 4.53. The molecule has 148 valence electrons. The Bertz CT molecular complexity index is 1170. The van der Waals surface area contributed by atoms with Gasteiger partial charge in [0, 0.05) is 29.2 Å². The lowest BCUT2D eigenvalue weighted by Gasteiger charge is -2.08. The number of amides is 1. The summed E-state index contributed by atoms with van der Waals surface area (Å²) in [5, 5.41) is 2.63. The lowest BCUT2D eigenvalue weighted by Crippen LogP contribution is -2.11. The van der Waals surface area contributed by atoms with E-state index < -0.39 is 5.82 Å². The van der Waals surface area contributed by atoms with Crippen LogP contribution in [-0.4, -0.2) is 15.9 Å². The minimum absolute atomic E-state index is 0.0529. The largest absolute Gasteiger partial charge is 0.424 e. The number of anilines is 1. The van der Waals surface area contributed by atoms with E-state index in [0.29, 0.717) is 17.0 Å². The van der Waals surface area contributed by atoms with Gasteiger partial charge in [0.05, 0.1) is 5.02 Å². The van der Waals surface area contributed by atoms with Crippen LogP contribution in [0.2, 0.25) is 5.02 Å². The van der Waals surface area contributed by atoms with Crippen molar-refractivity contribution in [2.24, 2.45) is 0 Å². The van der Waals surface area contributed by atoms with Crippen molar-refractivity contribution >= 4 is 23.2 Å². The highest BCUT2D eigenvalue weighted by Crippen LogP contribution is 2.23. The van der Waals surface area contributed by atoms with Crippen LogP contribution in [-0.2, 0) is 0 Å². The number of carbonyl (C=O) groups excluding carboxylic acids is 1. The van der Waals surface area contributed by atoms with Gasteiger partial charge in [0.25, 0.3) is 5.91 Å². The van der Waals surface area contributed by atoms with E-state index in [1.807, 2.05) is 30.3 Å². The van der Waals surface area contributed by atoms with E-state index in [1.54, 1.807) is 36.7 Å². The topological polar surface area (TPSA) is 64.1 Å². The van der Waals surface area contributed by atoms with Gasteiger partial charge in [-0.2, -0.15) is 0 Å². The molecule has 0 spiro atoms. The van der Waals surface area contributed by atoms with Crippen LogP contribution in [0.3, 0.4) is 0 Å². The number of nitrogens with zero attached hydrogens (tertiary/aromatic N) is 2. The van der Waals surface area contributed by atoms with Crippen LogP contribution >= 0.6 is 11.6 Å². The summed E-state index contributed by atoms with van der Waals surface area (Å²) in [5.74, 6) is -0.212. The first kappa shape index (κ1) is 19.5. The van der Waals surface area contributed by atoms with Crippen molar-refractivity contribution in [3.8, 4) is 22.9 Å². The molecule has 0 saturated carbocycles. The van der Waals surface area contributed by atoms with Crippen molar-refractivity contribution in [2.75, 3.05) is 5.32 Å². The molecule has 0 atom stereocenters. The summed E-state index contributed by atoms with van der Waals surface area (Å²) in [5.41, 5.74) is 2.50. The van der Waals surface area contributed by atoms with Crippen LogP contribution in [0.1, 0.15) is 10.4 Å². The van der Waals surface area contributed by atoms with E-state index in [0.717, 1.165) is 11.1 Å². The minimum Gasteiger partial charge on any atom is -0.424 e. The monoisotopic (exact) mass is 419 g/mol. The van der Waals surface area contributed by atoms with Gasteiger partial charge in [0.15, 0.2) is 0 Å². The molecule has 7 heteroatoms. The highest BCUT2D eigenvalue weighted by atomic mass is 35.5. The number of benzene rings is 3. The number of ether oxygens (including phenoxy) is 1. The molecule has 5 nitrogen and oxygen atoms in total. The maximum Gasteiger partial charge on any atom is 0.321 e. The lowest BCUT2D eigenvalue weighted by molar-refractivity contribution is 0.102. The molecule has 3 aromatic carbocycles. The predicted octanol–water partition coefficient (Wildman–Crippen LogP) is 5.98. The number of carbonyl (C=O) groups is 1. The number of hydrogen-bond donors (Lipinski definition) is 1. The SMILES string of the molecule is O=C(Nc1ccc(F)c(Cl)c1)c1ccc(-c2cnc(Oc3ccccc3)nc2)cc1. The Morgan fingerprint density at radius 2 is 1.60 bits per heavy atom. The summed E-state index contributed by atoms with van der Waals surface area (Å²) in [4.78, 5) is 20.8. The summed E-state index contributed by atoms with van der Waals surface area (Å²) >= 11 is 5.74. The van der Waals surface area contributed by atoms with Crippen LogP contribution in [0, 0.1) is 5.82 Å². The van der Waals surface area contributed by atoms with Crippen molar-refractivity contribution in [1.29, 1.82) is 0 Å². The summed E-state index contributed by atoms with van der Waals surface area (Å²) in [6.45, 7) is 0. The van der Waals surface area contributed by atoms with Gasteiger partial charge < -0.3 is 10.1 Å². The molecule has 0 radical (unpaired) electrons. The Labute approximate surface area is 177 Å². The van der Waals surface area contributed by atoms with E-state index in [4.69, 9.17) is 16.3 Å². The van der Waals surface area contributed by atoms with Crippen LogP contribution in [0.15, 0.2) is 85.2 Å². The minimum atomic E-state index is -0.540. The lowest BCUT2D eigenvalue weighted by atomic mass is 10.1. The molecule has 0 aliphatic rings. The van der Waals surface area contributed by atoms with E-state index in [-0.39, 0.29) is 16.9 Å². The number of para-hydroxylation sites is 1. The number of rotatable bonds is 5. The first-order valence-corrected chi connectivity index (χ1v) is 9.38. The van der Waals surface area contributed by atoms with Crippen LogP contribution in [0.4, 0.5) is 10.1 Å². The molecule has 4 rings (SSSR count). The molecule has 4 aromatic rings. The molecular formula is C23H15ClFN3O2. The smallest absolute Gasteiger partial charge is 0.321 e. The second-order valence-electron chi connectivity index (χ2n) is 6.33. The Kier molecular flexibility index (Phi) is 5.68. The highest BCUT2D eigenvalue weighted by Gasteiger charge is 2.09. The quantitative estimate of drug-likeness (QED) is 0.432. The number of nitrogens with one attached hydrogen (secondary N) is 1. The zero-order valence-electron chi connectivity index (χ0n) is 15.5. The fraction of sp³-hybridized carbons (Fsp3) is 0. The molecule has 1 aromatic heterocycles. The molecular weight excluding hydrogens is 405 g/mol. The summed E-state index contributed by atoms with van der Waals surface area (Å²) in [6, 6.07) is 20.5. The van der Waals surface area contributed by atoms with Gasteiger partial charge in [0.1, 0.15) is 11.6 Å². The Hall–Kier alpha value is -3.77. The van der Waals surface area contributed by atoms with Gasteiger partial charge in [0.2, 0.25) is 0 Å². The van der Waals surface area contributed by atoms with Gasteiger partial charge in [-0.25, -0.2) is 14.4 Å². The van der Waals surface area contributed by atoms with Crippen molar-refractivity contribution in [1.82, 2.24) is 9.97 Å². The normalized spacial score (nSPS) is 10.5. The van der Waals surface area contributed by atoms with E-state index in [1.165, 1.54) is 18.2 Å². The van der Waals surface area contributed by atoms with Gasteiger partial charge in [-0.15, -0.1) is 0 Å². The summed E-state index contributed by atoms with van der Waals surface area (Å²) < 4.78 is 18.8. The molecule has 1 heterocycles. The maximum absolute atomic E-state index is 13.2. The summed E-state index contributed by atoms with van der Waals surface area (Å²) in [6.07, 6.45) is 3.31. The Morgan fingerprint density at radius 3 is 2.27 bits per heavy atom. The molecule has 0 bridgehead atoms. The fourth-order valence-electron chi connectivity index (χ4n) is 2.70. The molecule has 0 unspecified atom stereocenters. The van der Waals surface area contributed by atoms with Crippen molar-refractivity contribution in [3.63, 3.8) is 0 Å². The molecule has 0 fully saturated rings. The zero-order chi connectivity index (χ0) is 20.9. The molecule has 0 saturated heterocycles. The third kappa shape index (κ3) is 4.61. The van der Waals surface area contributed by atoms with Crippen LogP contribution in [0.5, 0.6) is 11.8 Å². The molecule has 0 aliphatic heterocycles. The van der Waals surface area contributed by atoms with Gasteiger partial charge in [-0.3, -0.25) is 4.79 Å². The number of halogens is 2. The summed E-state index contributed by atoms with van der Waals surface area (Å²) in [7, 11) is 0.